The van der Waals surface area contributed by atoms with Gasteiger partial charge in [-0.05, 0) is 98.0 Å². The number of aromatic nitrogens is 3. The van der Waals surface area contributed by atoms with Crippen molar-refractivity contribution in [3.63, 3.8) is 0 Å². The van der Waals surface area contributed by atoms with E-state index in [9.17, 15) is 0 Å². The zero-order valence-electron chi connectivity index (χ0n) is 23.2. The van der Waals surface area contributed by atoms with Gasteiger partial charge in [-0.15, -0.1) is 0 Å². The summed E-state index contributed by atoms with van der Waals surface area (Å²) < 4.78 is 2.25. The summed E-state index contributed by atoms with van der Waals surface area (Å²) in [5.74, 6) is 0. The molecule has 2 aromatic heterocycles. The Hall–Kier alpha value is -2.02. The van der Waals surface area contributed by atoms with E-state index in [1.807, 2.05) is 44.6 Å². The van der Waals surface area contributed by atoms with Gasteiger partial charge in [0.1, 0.15) is 0 Å². The minimum atomic E-state index is 0.403. The lowest BCUT2D eigenvalue weighted by molar-refractivity contribution is 0.0847. The summed E-state index contributed by atoms with van der Waals surface area (Å²) >= 11 is 0. The Morgan fingerprint density at radius 3 is 2.46 bits per heavy atom. The van der Waals surface area contributed by atoms with Gasteiger partial charge in [0.25, 0.3) is 0 Å². The Kier molecular flexibility index (Phi) is 13.9. The fourth-order valence-corrected chi connectivity index (χ4v) is 4.56. The molecule has 1 atom stereocenters. The number of allylic oxidation sites excluding steroid dienone is 2. The third-order valence-electron chi connectivity index (χ3n) is 7.00. The summed E-state index contributed by atoms with van der Waals surface area (Å²) in [5.41, 5.74) is 3.93. The lowest BCUT2D eigenvalue weighted by atomic mass is 9.96. The predicted molar refractivity (Wildman–Crippen MR) is 149 cm³/mol. The van der Waals surface area contributed by atoms with E-state index < -0.39 is 0 Å². The fourth-order valence-electron chi connectivity index (χ4n) is 4.56. The normalized spacial score (nSPS) is 17.3. The van der Waals surface area contributed by atoms with Crippen molar-refractivity contribution < 1.29 is 0 Å². The number of hydrogen-bond donors (Lipinski definition) is 1. The molecule has 0 bridgehead atoms. The maximum absolute atomic E-state index is 4.51. The molecule has 1 aliphatic heterocycles. The van der Waals surface area contributed by atoms with Crippen LogP contribution in [0.25, 0.3) is 0 Å². The number of hydrogen-bond acceptors (Lipinski definition) is 5. The van der Waals surface area contributed by atoms with Gasteiger partial charge in [-0.25, -0.2) is 4.98 Å². The third kappa shape index (κ3) is 10.2. The van der Waals surface area contributed by atoms with Crippen LogP contribution in [0.1, 0.15) is 82.9 Å². The third-order valence-corrected chi connectivity index (χ3v) is 7.00. The van der Waals surface area contributed by atoms with Crippen molar-refractivity contribution in [1.29, 1.82) is 0 Å². The average Bonchev–Trinajstić information content (AvgIpc) is 3.38. The summed E-state index contributed by atoms with van der Waals surface area (Å²) in [5, 5.41) is 3.41. The van der Waals surface area contributed by atoms with Gasteiger partial charge in [-0.2, -0.15) is 0 Å². The smallest absolute Gasteiger partial charge is 0.0963 e. The van der Waals surface area contributed by atoms with Crippen LogP contribution in [0.3, 0.4) is 0 Å². The highest BCUT2D eigenvalue weighted by atomic mass is 15.3. The second kappa shape index (κ2) is 16.6. The van der Waals surface area contributed by atoms with Gasteiger partial charge in [0, 0.05) is 43.8 Å². The molecule has 6 nitrogen and oxygen atoms in total. The van der Waals surface area contributed by atoms with Crippen molar-refractivity contribution in [1.82, 2.24) is 29.7 Å². The molecule has 0 spiro atoms. The monoisotopic (exact) mass is 482 g/mol. The molecule has 0 amide bonds. The maximum Gasteiger partial charge on any atom is 0.0963 e. The van der Waals surface area contributed by atoms with E-state index >= 15 is 0 Å². The Labute approximate surface area is 214 Å². The van der Waals surface area contributed by atoms with Crippen LogP contribution in [0, 0.1) is 0 Å². The molecule has 35 heavy (non-hydrogen) atoms. The standard InChI is InChI=1S/C16H31N5.C9H11N.C4H8/c1-5-8-17-11-15-12-21(13-18-15)14(2)20-9-6-16(7-10-20)19(3)4;1-2-6-9-8(4-1)5-3-7-10-9;1-3-4-2/h12-14,16-17H,5-11H2,1-4H3;3,5,7H,1-2,4,6H2;3-4H,1-2H3/b;;4-3-. The van der Waals surface area contributed by atoms with Crippen LogP contribution in [0.4, 0.5) is 0 Å². The highest BCUT2D eigenvalue weighted by Crippen LogP contribution is 2.21. The van der Waals surface area contributed by atoms with E-state index in [1.54, 1.807) is 0 Å². The van der Waals surface area contributed by atoms with E-state index in [1.165, 1.54) is 62.9 Å². The molecule has 4 rings (SSSR count). The largest absolute Gasteiger partial charge is 0.321 e. The lowest BCUT2D eigenvalue weighted by Crippen LogP contribution is -2.43. The second-order valence-electron chi connectivity index (χ2n) is 9.83. The number of imidazole rings is 1. The van der Waals surface area contributed by atoms with Crippen LogP contribution in [0.15, 0.2) is 43.0 Å². The van der Waals surface area contributed by atoms with Crippen molar-refractivity contribution in [3.05, 3.63) is 60.0 Å². The molecular formula is C29H50N6. The van der Waals surface area contributed by atoms with E-state index in [4.69, 9.17) is 0 Å². The molecule has 3 heterocycles. The molecule has 0 aromatic carbocycles. The molecule has 2 aliphatic rings. The summed E-state index contributed by atoms with van der Waals surface area (Å²) in [6.07, 6.45) is 19.2. The van der Waals surface area contributed by atoms with E-state index in [-0.39, 0.29) is 0 Å². The van der Waals surface area contributed by atoms with Crippen LogP contribution >= 0.6 is 0 Å². The van der Waals surface area contributed by atoms with Crippen molar-refractivity contribution in [2.75, 3.05) is 33.7 Å². The molecule has 2 aromatic rings. The number of piperidine rings is 1. The molecule has 6 heteroatoms. The predicted octanol–water partition coefficient (Wildman–Crippen LogP) is 5.47. The van der Waals surface area contributed by atoms with Gasteiger partial charge in [-0.3, -0.25) is 9.88 Å². The highest BCUT2D eigenvalue weighted by Gasteiger charge is 2.24. The van der Waals surface area contributed by atoms with Gasteiger partial charge >= 0.3 is 0 Å². The summed E-state index contributed by atoms with van der Waals surface area (Å²) in [6, 6.07) is 4.97. The van der Waals surface area contributed by atoms with Gasteiger partial charge in [0.2, 0.25) is 0 Å². The highest BCUT2D eigenvalue weighted by molar-refractivity contribution is 5.21. The minimum Gasteiger partial charge on any atom is -0.321 e. The van der Waals surface area contributed by atoms with Crippen LogP contribution in [0.2, 0.25) is 0 Å². The van der Waals surface area contributed by atoms with Crippen LogP contribution in [0.5, 0.6) is 0 Å². The first-order valence-corrected chi connectivity index (χ1v) is 13.6. The van der Waals surface area contributed by atoms with Crippen LogP contribution < -0.4 is 5.32 Å². The topological polar surface area (TPSA) is 49.2 Å². The summed E-state index contributed by atoms with van der Waals surface area (Å²) in [6.45, 7) is 12.7. The van der Waals surface area contributed by atoms with Crippen molar-refractivity contribution in [2.45, 2.75) is 91.4 Å². The van der Waals surface area contributed by atoms with E-state index in [2.05, 4.69) is 69.9 Å². The average molecular weight is 483 g/mol. The van der Waals surface area contributed by atoms with Crippen LogP contribution in [-0.2, 0) is 19.4 Å². The van der Waals surface area contributed by atoms with Crippen molar-refractivity contribution in [3.8, 4) is 0 Å². The van der Waals surface area contributed by atoms with Crippen LogP contribution in [-0.4, -0.2) is 64.1 Å². The SMILES string of the molecule is C/C=C\C.CCCNCc1cn(C(C)N2CCC(N(C)C)CC2)cn1.c1cnc2c(c1)CCCC2. The van der Waals surface area contributed by atoms with E-state index in [0.717, 1.165) is 31.2 Å². The van der Waals surface area contributed by atoms with Gasteiger partial charge in [0.05, 0.1) is 18.2 Å². The summed E-state index contributed by atoms with van der Waals surface area (Å²) in [4.78, 5) is 13.8. The number of likely N-dealkylation sites (tertiary alicyclic amines) is 1. The molecule has 1 unspecified atom stereocenters. The van der Waals surface area contributed by atoms with E-state index in [0.29, 0.717) is 6.17 Å². The molecule has 0 saturated carbocycles. The number of nitrogens with zero attached hydrogens (tertiary/aromatic N) is 5. The summed E-state index contributed by atoms with van der Waals surface area (Å²) in [7, 11) is 4.38. The second-order valence-corrected chi connectivity index (χ2v) is 9.83. The van der Waals surface area contributed by atoms with Gasteiger partial charge in [-0.1, -0.05) is 25.1 Å². The molecule has 1 saturated heterocycles. The zero-order valence-corrected chi connectivity index (χ0v) is 23.2. The molecule has 1 N–H and O–H groups in total. The first-order valence-electron chi connectivity index (χ1n) is 13.6. The quantitative estimate of drug-likeness (QED) is 0.419. The Bertz CT molecular complexity index is 806. The van der Waals surface area contributed by atoms with Gasteiger partial charge < -0.3 is 14.8 Å². The molecule has 0 radical (unpaired) electrons. The zero-order chi connectivity index (χ0) is 25.5. The Morgan fingerprint density at radius 2 is 1.83 bits per heavy atom. The molecule has 1 aliphatic carbocycles. The maximum atomic E-state index is 4.51. The minimum absolute atomic E-state index is 0.403. The van der Waals surface area contributed by atoms with Crippen molar-refractivity contribution in [2.24, 2.45) is 0 Å². The first-order chi connectivity index (χ1) is 17.0. The molecular weight excluding hydrogens is 432 g/mol. The van der Waals surface area contributed by atoms with Gasteiger partial charge in [0.15, 0.2) is 0 Å². The lowest BCUT2D eigenvalue weighted by Gasteiger charge is -2.38. The number of fused-ring (bicyclic) bond motifs is 1. The van der Waals surface area contributed by atoms with Crippen molar-refractivity contribution >= 4 is 0 Å². The number of nitrogens with one attached hydrogen (secondary N) is 1. The Morgan fingerprint density at radius 1 is 1.11 bits per heavy atom. The number of pyridine rings is 1. The first kappa shape index (κ1) is 29.2. The Balaban J connectivity index is 0.000000253. The number of rotatable bonds is 7. The fraction of sp³-hybridized carbons (Fsp3) is 0.655. The number of aryl methyl sites for hydroxylation is 2. The molecule has 196 valence electrons. The molecule has 1 fully saturated rings.